The van der Waals surface area contributed by atoms with Crippen LogP contribution in [0.15, 0.2) is 54.6 Å². The zero-order chi connectivity index (χ0) is 13.2. The van der Waals surface area contributed by atoms with Crippen molar-refractivity contribution in [3.05, 3.63) is 54.6 Å². The van der Waals surface area contributed by atoms with Crippen molar-refractivity contribution in [3.8, 4) is 5.75 Å². The second kappa shape index (κ2) is 4.93. The smallest absolute Gasteiger partial charge is 0.134 e. The molecule has 0 atom stereocenters. The van der Waals surface area contributed by atoms with Gasteiger partial charge in [-0.05, 0) is 22.8 Å². The Bertz CT molecular complexity index is 659. The van der Waals surface area contributed by atoms with Gasteiger partial charge in [0.05, 0.1) is 6.61 Å². The molecule has 0 amide bonds. The van der Waals surface area contributed by atoms with Crippen molar-refractivity contribution < 1.29 is 4.74 Å². The molecular weight excluding hydrogens is 232 g/mol. The van der Waals surface area contributed by atoms with E-state index in [1.807, 2.05) is 0 Å². The summed E-state index contributed by atoms with van der Waals surface area (Å²) in [5.41, 5.74) is 0. The highest BCUT2D eigenvalue weighted by molar-refractivity contribution is 6.05. The number of hydrogen-bond donors (Lipinski definition) is 0. The van der Waals surface area contributed by atoms with E-state index in [2.05, 4.69) is 68.4 Å². The molecule has 0 fully saturated rings. The van der Waals surface area contributed by atoms with Crippen LogP contribution in [0.4, 0.5) is 0 Å². The minimum atomic E-state index is 0.526. The monoisotopic (exact) mass is 250 g/mol. The predicted molar refractivity (Wildman–Crippen MR) is 81.8 cm³/mol. The summed E-state index contributed by atoms with van der Waals surface area (Å²) in [7, 11) is 0. The molecule has 0 saturated heterocycles. The fourth-order valence-electron chi connectivity index (χ4n) is 2.38. The van der Waals surface area contributed by atoms with E-state index in [1.54, 1.807) is 0 Å². The highest BCUT2D eigenvalue weighted by Crippen LogP contribution is 2.34. The Kier molecular flexibility index (Phi) is 3.12. The van der Waals surface area contributed by atoms with Crippen molar-refractivity contribution in [2.75, 3.05) is 6.61 Å². The lowest BCUT2D eigenvalue weighted by atomic mass is 10.0. The van der Waals surface area contributed by atoms with Crippen LogP contribution in [0.5, 0.6) is 5.75 Å². The van der Waals surface area contributed by atoms with Gasteiger partial charge in [-0.3, -0.25) is 0 Å². The Labute approximate surface area is 113 Å². The van der Waals surface area contributed by atoms with Gasteiger partial charge in [-0.1, -0.05) is 62.4 Å². The Morgan fingerprint density at radius 1 is 0.842 bits per heavy atom. The molecule has 96 valence electrons. The van der Waals surface area contributed by atoms with Gasteiger partial charge >= 0.3 is 0 Å². The number of benzene rings is 3. The number of ether oxygens (including phenoxy) is 1. The zero-order valence-electron chi connectivity index (χ0n) is 11.4. The van der Waals surface area contributed by atoms with Gasteiger partial charge < -0.3 is 4.74 Å². The van der Waals surface area contributed by atoms with Crippen molar-refractivity contribution >= 4 is 21.5 Å². The molecule has 0 aromatic heterocycles. The van der Waals surface area contributed by atoms with Gasteiger partial charge in [-0.15, -0.1) is 0 Å². The molecule has 0 unspecified atom stereocenters. The average molecular weight is 250 g/mol. The predicted octanol–water partition coefficient (Wildman–Crippen LogP) is 5.03. The molecule has 0 aliphatic rings. The van der Waals surface area contributed by atoms with Gasteiger partial charge in [-0.2, -0.15) is 0 Å². The Morgan fingerprint density at radius 3 is 1.89 bits per heavy atom. The van der Waals surface area contributed by atoms with Crippen molar-refractivity contribution in [2.24, 2.45) is 5.92 Å². The van der Waals surface area contributed by atoms with Gasteiger partial charge in [0.25, 0.3) is 0 Å². The maximum atomic E-state index is 6.09. The Balaban J connectivity index is 2.26. The summed E-state index contributed by atoms with van der Waals surface area (Å²) >= 11 is 0. The van der Waals surface area contributed by atoms with Crippen molar-refractivity contribution in [3.63, 3.8) is 0 Å². The lowest BCUT2D eigenvalue weighted by Crippen LogP contribution is -2.05. The van der Waals surface area contributed by atoms with Gasteiger partial charge in [0.1, 0.15) is 5.75 Å². The van der Waals surface area contributed by atoms with E-state index >= 15 is 0 Å². The van der Waals surface area contributed by atoms with Crippen LogP contribution in [-0.2, 0) is 0 Å². The molecule has 1 nitrogen and oxygen atoms in total. The normalized spacial score (nSPS) is 11.3. The van der Waals surface area contributed by atoms with E-state index in [4.69, 9.17) is 4.74 Å². The molecule has 0 bridgehead atoms. The molecule has 0 spiro atoms. The van der Waals surface area contributed by atoms with E-state index in [0.29, 0.717) is 5.92 Å². The van der Waals surface area contributed by atoms with Gasteiger partial charge in [-0.25, -0.2) is 0 Å². The number of fused-ring (bicyclic) bond motifs is 2. The van der Waals surface area contributed by atoms with Crippen molar-refractivity contribution in [2.45, 2.75) is 13.8 Å². The van der Waals surface area contributed by atoms with Gasteiger partial charge in [0.15, 0.2) is 0 Å². The van der Waals surface area contributed by atoms with E-state index in [0.717, 1.165) is 12.4 Å². The van der Waals surface area contributed by atoms with Gasteiger partial charge in [0, 0.05) is 10.8 Å². The summed E-state index contributed by atoms with van der Waals surface area (Å²) in [4.78, 5) is 0. The SMILES string of the molecule is CC(C)COc1c2ccccc2cc2ccccc12. The minimum absolute atomic E-state index is 0.526. The molecular formula is C18H18O. The van der Waals surface area contributed by atoms with E-state index in [1.165, 1.54) is 21.5 Å². The standard InChI is InChI=1S/C18H18O/c1-13(2)12-19-18-16-9-5-3-7-14(16)11-15-8-4-6-10-17(15)18/h3-11,13H,12H2,1-2H3. The maximum Gasteiger partial charge on any atom is 0.134 e. The molecule has 0 aliphatic carbocycles. The first kappa shape index (κ1) is 12.0. The first-order valence-electron chi connectivity index (χ1n) is 6.79. The topological polar surface area (TPSA) is 9.23 Å². The molecule has 0 aliphatic heterocycles. The summed E-state index contributed by atoms with van der Waals surface area (Å²) in [6.45, 7) is 5.10. The lowest BCUT2D eigenvalue weighted by molar-refractivity contribution is 0.277. The summed E-state index contributed by atoms with van der Waals surface area (Å²) < 4.78 is 6.09. The Hall–Kier alpha value is -2.02. The van der Waals surface area contributed by atoms with Crippen LogP contribution in [0.1, 0.15) is 13.8 Å². The first-order chi connectivity index (χ1) is 9.25. The third-order valence-corrected chi connectivity index (χ3v) is 3.28. The largest absolute Gasteiger partial charge is 0.492 e. The van der Waals surface area contributed by atoms with Crippen LogP contribution in [0.2, 0.25) is 0 Å². The highest BCUT2D eigenvalue weighted by atomic mass is 16.5. The highest BCUT2D eigenvalue weighted by Gasteiger charge is 2.08. The fourth-order valence-corrected chi connectivity index (χ4v) is 2.38. The van der Waals surface area contributed by atoms with Crippen LogP contribution < -0.4 is 4.74 Å². The summed E-state index contributed by atoms with van der Waals surface area (Å²) in [6.07, 6.45) is 0. The maximum absolute atomic E-state index is 6.09. The first-order valence-corrected chi connectivity index (χ1v) is 6.79. The van der Waals surface area contributed by atoms with Crippen LogP contribution >= 0.6 is 0 Å². The second-order valence-corrected chi connectivity index (χ2v) is 5.35. The summed E-state index contributed by atoms with van der Waals surface area (Å²) in [6, 6.07) is 19.1. The fraction of sp³-hybridized carbons (Fsp3) is 0.222. The molecule has 1 heteroatoms. The second-order valence-electron chi connectivity index (χ2n) is 5.35. The van der Waals surface area contributed by atoms with Crippen molar-refractivity contribution in [1.82, 2.24) is 0 Å². The van der Waals surface area contributed by atoms with Crippen LogP contribution in [0.25, 0.3) is 21.5 Å². The average Bonchev–Trinajstić information content (AvgIpc) is 2.43. The molecule has 0 heterocycles. The molecule has 3 rings (SSSR count). The van der Waals surface area contributed by atoms with Crippen LogP contribution in [-0.4, -0.2) is 6.61 Å². The van der Waals surface area contributed by atoms with E-state index in [-0.39, 0.29) is 0 Å². The summed E-state index contributed by atoms with van der Waals surface area (Å²) in [5.74, 6) is 1.54. The molecule has 3 aromatic carbocycles. The van der Waals surface area contributed by atoms with Crippen molar-refractivity contribution in [1.29, 1.82) is 0 Å². The minimum Gasteiger partial charge on any atom is -0.492 e. The number of hydrogen-bond acceptors (Lipinski definition) is 1. The third kappa shape index (κ3) is 2.28. The molecule has 19 heavy (non-hydrogen) atoms. The van der Waals surface area contributed by atoms with Crippen LogP contribution in [0, 0.1) is 5.92 Å². The van der Waals surface area contributed by atoms with E-state index in [9.17, 15) is 0 Å². The van der Waals surface area contributed by atoms with Crippen LogP contribution in [0.3, 0.4) is 0 Å². The molecule has 3 aromatic rings. The molecule has 0 N–H and O–H groups in total. The zero-order valence-corrected chi connectivity index (χ0v) is 11.4. The third-order valence-electron chi connectivity index (χ3n) is 3.28. The molecule has 0 saturated carbocycles. The van der Waals surface area contributed by atoms with Gasteiger partial charge in [0.2, 0.25) is 0 Å². The molecule has 0 radical (unpaired) electrons. The number of rotatable bonds is 3. The lowest BCUT2D eigenvalue weighted by Gasteiger charge is -2.14. The quantitative estimate of drug-likeness (QED) is 0.592. The summed E-state index contributed by atoms with van der Waals surface area (Å²) in [5, 5.41) is 4.86. The van der Waals surface area contributed by atoms with E-state index < -0.39 is 0 Å². The Morgan fingerprint density at radius 2 is 1.37 bits per heavy atom.